The van der Waals surface area contributed by atoms with Crippen LogP contribution in [0.1, 0.15) is 0 Å². The van der Waals surface area contributed by atoms with Crippen LogP contribution in [-0.4, -0.2) is 11.0 Å². The fraction of sp³-hybridized carbons (Fsp3) is 0.250. The van der Waals surface area contributed by atoms with E-state index in [9.17, 15) is 0 Å². The fourth-order valence-electron chi connectivity index (χ4n) is 0.496. The third-order valence-electron chi connectivity index (χ3n) is 0.917. The first kappa shape index (κ1) is 5.53. The molecule has 1 rings (SSSR count). The van der Waals surface area contributed by atoms with E-state index in [4.69, 9.17) is 5.73 Å². The first-order chi connectivity index (χ1) is 3.80. The highest BCUT2D eigenvalue weighted by Gasteiger charge is 2.08. The smallest absolute Gasteiger partial charge is 0.0958 e. The Balaban J connectivity index is 2.48. The second-order valence-electron chi connectivity index (χ2n) is 1.53. The molecule has 0 aromatic carbocycles. The van der Waals surface area contributed by atoms with Gasteiger partial charge < -0.3 is 11.2 Å². The molecule has 0 aliphatic carbocycles. The summed E-state index contributed by atoms with van der Waals surface area (Å²) in [6.45, 7) is 0. The largest absolute Gasteiger partial charge is 0.392 e. The van der Waals surface area contributed by atoms with Crippen molar-refractivity contribution in [2.24, 2.45) is 5.73 Å². The van der Waals surface area contributed by atoms with Gasteiger partial charge in [0, 0.05) is 6.20 Å². The highest BCUT2D eigenvalue weighted by Crippen LogP contribution is 1.89. The normalized spacial score (nSPS) is 25.2. The fourth-order valence-corrected chi connectivity index (χ4v) is 0.634. The van der Waals surface area contributed by atoms with Crippen molar-refractivity contribution >= 4 is 17.2 Å². The van der Waals surface area contributed by atoms with E-state index in [-0.39, 0.29) is 6.04 Å². The Morgan fingerprint density at radius 1 is 1.75 bits per heavy atom. The standard InChI is InChI=1S/C4H7N3S/c5-4(8)3-1-2-6-7-3/h1-3,6-7H,(H2,5,8). The lowest BCUT2D eigenvalue weighted by Gasteiger charge is -2.03. The zero-order valence-corrected chi connectivity index (χ0v) is 5.03. The highest BCUT2D eigenvalue weighted by atomic mass is 32.1. The monoisotopic (exact) mass is 129 g/mol. The molecule has 44 valence electrons. The van der Waals surface area contributed by atoms with Gasteiger partial charge in [-0.2, -0.15) is 0 Å². The van der Waals surface area contributed by atoms with Crippen molar-refractivity contribution in [1.29, 1.82) is 0 Å². The van der Waals surface area contributed by atoms with Gasteiger partial charge in [-0.1, -0.05) is 12.2 Å². The van der Waals surface area contributed by atoms with Crippen LogP contribution in [0.25, 0.3) is 0 Å². The van der Waals surface area contributed by atoms with Crippen molar-refractivity contribution in [3.8, 4) is 0 Å². The SMILES string of the molecule is NC(=S)C1C=CNN1. The lowest BCUT2D eigenvalue weighted by atomic mass is 10.3. The van der Waals surface area contributed by atoms with Gasteiger partial charge in [-0.3, -0.25) is 0 Å². The summed E-state index contributed by atoms with van der Waals surface area (Å²) in [5, 5.41) is 0. The molecule has 0 fully saturated rings. The number of nitrogens with one attached hydrogen (secondary N) is 2. The summed E-state index contributed by atoms with van der Waals surface area (Å²) in [4.78, 5) is 0.464. The first-order valence-electron chi connectivity index (χ1n) is 2.28. The minimum atomic E-state index is 0.0324. The minimum absolute atomic E-state index is 0.0324. The summed E-state index contributed by atoms with van der Waals surface area (Å²) in [5.41, 5.74) is 10.9. The van der Waals surface area contributed by atoms with E-state index in [1.807, 2.05) is 6.08 Å². The van der Waals surface area contributed by atoms with Gasteiger partial charge in [0.2, 0.25) is 0 Å². The number of nitrogens with two attached hydrogens (primary N) is 1. The third-order valence-corrected chi connectivity index (χ3v) is 1.17. The zero-order valence-electron chi connectivity index (χ0n) is 4.22. The average Bonchev–Trinajstić information content (AvgIpc) is 2.12. The molecule has 4 heteroatoms. The van der Waals surface area contributed by atoms with E-state index in [0.717, 1.165) is 0 Å². The van der Waals surface area contributed by atoms with Gasteiger partial charge >= 0.3 is 0 Å². The topological polar surface area (TPSA) is 50.1 Å². The summed E-state index contributed by atoms with van der Waals surface area (Å²) in [6, 6.07) is 0.0324. The number of thiocarbonyl (C=S) groups is 1. The van der Waals surface area contributed by atoms with Crippen molar-refractivity contribution < 1.29 is 0 Å². The Kier molecular flexibility index (Phi) is 1.45. The van der Waals surface area contributed by atoms with E-state index >= 15 is 0 Å². The molecule has 0 bridgehead atoms. The van der Waals surface area contributed by atoms with Gasteiger partial charge in [0.15, 0.2) is 0 Å². The van der Waals surface area contributed by atoms with Crippen LogP contribution in [0.3, 0.4) is 0 Å². The van der Waals surface area contributed by atoms with Crippen molar-refractivity contribution in [2.45, 2.75) is 6.04 Å². The van der Waals surface area contributed by atoms with Crippen LogP contribution in [0.2, 0.25) is 0 Å². The molecule has 0 saturated heterocycles. The quantitative estimate of drug-likeness (QED) is 0.408. The van der Waals surface area contributed by atoms with Crippen molar-refractivity contribution in [3.63, 3.8) is 0 Å². The van der Waals surface area contributed by atoms with Crippen LogP contribution in [0, 0.1) is 0 Å². The minimum Gasteiger partial charge on any atom is -0.392 e. The second-order valence-corrected chi connectivity index (χ2v) is 2.00. The van der Waals surface area contributed by atoms with E-state index in [2.05, 4.69) is 23.1 Å². The maximum absolute atomic E-state index is 5.28. The Labute approximate surface area is 52.9 Å². The molecule has 0 saturated carbocycles. The molecule has 0 radical (unpaired) electrons. The number of hydrazine groups is 1. The van der Waals surface area contributed by atoms with Crippen LogP contribution >= 0.6 is 12.2 Å². The van der Waals surface area contributed by atoms with Crippen molar-refractivity contribution in [3.05, 3.63) is 12.3 Å². The first-order valence-corrected chi connectivity index (χ1v) is 2.68. The Bertz CT molecular complexity index is 131. The molecule has 1 aliphatic rings. The average molecular weight is 129 g/mol. The summed E-state index contributed by atoms with van der Waals surface area (Å²) in [5.74, 6) is 0. The molecule has 0 aromatic heterocycles. The molecular formula is C4H7N3S. The summed E-state index contributed by atoms with van der Waals surface area (Å²) < 4.78 is 0. The van der Waals surface area contributed by atoms with Crippen molar-refractivity contribution in [1.82, 2.24) is 10.9 Å². The molecule has 0 aromatic rings. The Morgan fingerprint density at radius 3 is 2.75 bits per heavy atom. The van der Waals surface area contributed by atoms with Gasteiger partial charge in [0.1, 0.15) is 0 Å². The van der Waals surface area contributed by atoms with Crippen LogP contribution in [0.5, 0.6) is 0 Å². The van der Waals surface area contributed by atoms with Crippen LogP contribution in [0.15, 0.2) is 12.3 Å². The number of hydrogen-bond donors (Lipinski definition) is 3. The van der Waals surface area contributed by atoms with Gasteiger partial charge in [-0.25, -0.2) is 5.43 Å². The van der Waals surface area contributed by atoms with Crippen molar-refractivity contribution in [2.75, 3.05) is 0 Å². The summed E-state index contributed by atoms with van der Waals surface area (Å²) in [7, 11) is 0. The molecule has 0 amide bonds. The Hall–Kier alpha value is -0.610. The van der Waals surface area contributed by atoms with E-state index < -0.39 is 0 Å². The van der Waals surface area contributed by atoms with Crippen LogP contribution in [-0.2, 0) is 0 Å². The van der Waals surface area contributed by atoms with Gasteiger partial charge in [-0.15, -0.1) is 0 Å². The Morgan fingerprint density at radius 2 is 2.50 bits per heavy atom. The molecule has 1 unspecified atom stereocenters. The maximum atomic E-state index is 5.28. The van der Waals surface area contributed by atoms with E-state index in [1.165, 1.54) is 0 Å². The molecule has 4 N–H and O–H groups in total. The molecule has 1 atom stereocenters. The molecule has 1 heterocycles. The molecule has 0 spiro atoms. The van der Waals surface area contributed by atoms with Gasteiger partial charge in [0.05, 0.1) is 11.0 Å². The maximum Gasteiger partial charge on any atom is 0.0958 e. The number of hydrogen-bond acceptors (Lipinski definition) is 3. The predicted octanol–water partition coefficient (Wildman–Crippen LogP) is -0.737. The zero-order chi connectivity index (χ0) is 5.98. The number of rotatable bonds is 1. The lowest BCUT2D eigenvalue weighted by Crippen LogP contribution is -2.39. The van der Waals surface area contributed by atoms with Crippen LogP contribution in [0.4, 0.5) is 0 Å². The predicted molar refractivity (Wildman–Crippen MR) is 36.0 cm³/mol. The molecule has 8 heavy (non-hydrogen) atoms. The highest BCUT2D eigenvalue weighted by molar-refractivity contribution is 7.80. The van der Waals surface area contributed by atoms with Gasteiger partial charge in [-0.05, 0) is 6.08 Å². The van der Waals surface area contributed by atoms with E-state index in [1.54, 1.807) is 6.20 Å². The second kappa shape index (κ2) is 2.11. The van der Waals surface area contributed by atoms with Gasteiger partial charge in [0.25, 0.3) is 0 Å². The third kappa shape index (κ3) is 0.962. The summed E-state index contributed by atoms with van der Waals surface area (Å²) in [6.07, 6.45) is 3.63. The lowest BCUT2D eigenvalue weighted by molar-refractivity contribution is 0.678. The van der Waals surface area contributed by atoms with E-state index in [0.29, 0.717) is 4.99 Å². The molecule has 3 nitrogen and oxygen atoms in total. The molecule has 1 aliphatic heterocycles. The molecular weight excluding hydrogens is 122 g/mol. The summed E-state index contributed by atoms with van der Waals surface area (Å²) >= 11 is 4.68. The van der Waals surface area contributed by atoms with Crippen LogP contribution < -0.4 is 16.6 Å².